The molecule has 21 heavy (non-hydrogen) atoms. The van der Waals surface area contributed by atoms with Gasteiger partial charge in [-0.05, 0) is 43.7 Å². The van der Waals surface area contributed by atoms with Gasteiger partial charge >= 0.3 is 0 Å². The lowest BCUT2D eigenvalue weighted by atomic mass is 9.89. The average molecular weight is 375 g/mol. The highest BCUT2D eigenvalue weighted by molar-refractivity contribution is 9.10. The standard InChI is InChI=1S/C15H23BrN2O2S/c1-11-5-6-14(16)13(8-11)15(17)9-12-4-3-7-18(10-12)21(2,19)20/h5-6,8,12,15H,3-4,7,9-10,17H2,1-2H3. The molecule has 0 radical (unpaired) electrons. The van der Waals surface area contributed by atoms with E-state index < -0.39 is 10.0 Å². The highest BCUT2D eigenvalue weighted by atomic mass is 79.9. The van der Waals surface area contributed by atoms with E-state index in [0.717, 1.165) is 29.3 Å². The number of hydrogen-bond donors (Lipinski definition) is 1. The zero-order valence-electron chi connectivity index (χ0n) is 12.5. The number of halogens is 1. The number of nitrogens with two attached hydrogens (primary N) is 1. The van der Waals surface area contributed by atoms with Crippen molar-refractivity contribution in [1.29, 1.82) is 0 Å². The molecule has 0 saturated carbocycles. The Morgan fingerprint density at radius 3 is 2.86 bits per heavy atom. The number of rotatable bonds is 4. The molecule has 1 heterocycles. The predicted octanol–water partition coefficient (Wildman–Crippen LogP) is 2.82. The molecule has 1 aromatic rings. The second-order valence-electron chi connectivity index (χ2n) is 6.00. The zero-order chi connectivity index (χ0) is 15.6. The molecule has 1 aliphatic rings. The van der Waals surface area contributed by atoms with Crippen molar-refractivity contribution in [3.63, 3.8) is 0 Å². The summed E-state index contributed by atoms with van der Waals surface area (Å²) in [4.78, 5) is 0. The summed E-state index contributed by atoms with van der Waals surface area (Å²) in [6.07, 6.45) is 4.06. The lowest BCUT2D eigenvalue weighted by Crippen LogP contribution is -2.40. The monoisotopic (exact) mass is 374 g/mol. The largest absolute Gasteiger partial charge is 0.324 e. The van der Waals surface area contributed by atoms with Crippen LogP contribution in [0.15, 0.2) is 22.7 Å². The number of piperidine rings is 1. The van der Waals surface area contributed by atoms with Crippen molar-refractivity contribution in [1.82, 2.24) is 4.31 Å². The van der Waals surface area contributed by atoms with E-state index in [4.69, 9.17) is 5.73 Å². The van der Waals surface area contributed by atoms with Crippen molar-refractivity contribution >= 4 is 26.0 Å². The fraction of sp³-hybridized carbons (Fsp3) is 0.600. The van der Waals surface area contributed by atoms with Gasteiger partial charge in [0.15, 0.2) is 0 Å². The minimum atomic E-state index is -3.09. The average Bonchev–Trinajstić information content (AvgIpc) is 2.41. The van der Waals surface area contributed by atoms with Crippen LogP contribution in [0.4, 0.5) is 0 Å². The second-order valence-corrected chi connectivity index (χ2v) is 8.83. The van der Waals surface area contributed by atoms with Gasteiger partial charge in [0, 0.05) is 23.6 Å². The van der Waals surface area contributed by atoms with E-state index in [0.29, 0.717) is 19.0 Å². The van der Waals surface area contributed by atoms with E-state index in [1.54, 1.807) is 4.31 Å². The third-order valence-corrected chi connectivity index (χ3v) is 6.08. The molecular formula is C15H23BrN2O2S. The SMILES string of the molecule is Cc1ccc(Br)c(C(N)CC2CCCN(S(C)(=O)=O)C2)c1. The highest BCUT2D eigenvalue weighted by Crippen LogP contribution is 2.31. The number of hydrogen-bond acceptors (Lipinski definition) is 3. The Bertz CT molecular complexity index is 604. The molecule has 1 fully saturated rings. The van der Waals surface area contributed by atoms with Crippen LogP contribution in [0.1, 0.15) is 36.4 Å². The molecule has 2 N–H and O–H groups in total. The lowest BCUT2D eigenvalue weighted by molar-refractivity contribution is 0.247. The Morgan fingerprint density at radius 1 is 1.48 bits per heavy atom. The number of sulfonamides is 1. The summed E-state index contributed by atoms with van der Waals surface area (Å²) in [7, 11) is -3.09. The number of benzene rings is 1. The van der Waals surface area contributed by atoms with Gasteiger partial charge in [0.25, 0.3) is 0 Å². The van der Waals surface area contributed by atoms with Crippen LogP contribution >= 0.6 is 15.9 Å². The summed E-state index contributed by atoms with van der Waals surface area (Å²) in [6.45, 7) is 3.28. The van der Waals surface area contributed by atoms with Crippen molar-refractivity contribution in [2.45, 2.75) is 32.2 Å². The minimum Gasteiger partial charge on any atom is -0.324 e. The Hall–Kier alpha value is -0.430. The van der Waals surface area contributed by atoms with Crippen LogP contribution in [0.3, 0.4) is 0 Å². The van der Waals surface area contributed by atoms with Gasteiger partial charge in [-0.3, -0.25) is 0 Å². The van der Waals surface area contributed by atoms with E-state index in [2.05, 4.69) is 28.9 Å². The molecule has 0 aliphatic carbocycles. The normalized spacial score (nSPS) is 22.2. The summed E-state index contributed by atoms with van der Waals surface area (Å²) in [5, 5.41) is 0. The smallest absolute Gasteiger partial charge is 0.211 e. The van der Waals surface area contributed by atoms with Crippen molar-refractivity contribution in [3.8, 4) is 0 Å². The second kappa shape index (κ2) is 6.77. The van der Waals surface area contributed by atoms with Gasteiger partial charge in [-0.25, -0.2) is 12.7 Å². The topological polar surface area (TPSA) is 63.4 Å². The van der Waals surface area contributed by atoms with Crippen LogP contribution in [0, 0.1) is 12.8 Å². The Kier molecular flexibility index (Phi) is 5.46. The van der Waals surface area contributed by atoms with Gasteiger partial charge in [-0.1, -0.05) is 33.6 Å². The molecule has 118 valence electrons. The van der Waals surface area contributed by atoms with Gasteiger partial charge in [-0.15, -0.1) is 0 Å². The van der Waals surface area contributed by atoms with Crippen LogP contribution in [-0.4, -0.2) is 32.1 Å². The van der Waals surface area contributed by atoms with E-state index in [1.165, 1.54) is 11.8 Å². The third-order valence-electron chi connectivity index (χ3n) is 4.09. The molecule has 1 aromatic carbocycles. The molecule has 4 nitrogen and oxygen atoms in total. The van der Waals surface area contributed by atoms with Crippen LogP contribution in [0.5, 0.6) is 0 Å². The van der Waals surface area contributed by atoms with Crippen molar-refractivity contribution in [2.24, 2.45) is 11.7 Å². The first kappa shape index (κ1) is 16.9. The predicted molar refractivity (Wildman–Crippen MR) is 89.6 cm³/mol. The summed E-state index contributed by atoms with van der Waals surface area (Å²) in [6, 6.07) is 6.11. The Balaban J connectivity index is 2.05. The summed E-state index contributed by atoms with van der Waals surface area (Å²) in [5.74, 6) is 0.330. The van der Waals surface area contributed by atoms with Crippen LogP contribution in [0.25, 0.3) is 0 Å². The molecule has 2 unspecified atom stereocenters. The molecule has 2 atom stereocenters. The molecule has 1 saturated heterocycles. The third kappa shape index (κ3) is 4.52. The van der Waals surface area contributed by atoms with E-state index in [1.807, 2.05) is 12.1 Å². The number of aryl methyl sites for hydroxylation is 1. The maximum atomic E-state index is 11.7. The first-order chi connectivity index (χ1) is 9.77. The molecule has 2 rings (SSSR count). The van der Waals surface area contributed by atoms with E-state index >= 15 is 0 Å². The molecule has 0 bridgehead atoms. The maximum absolute atomic E-state index is 11.7. The molecule has 0 aromatic heterocycles. The zero-order valence-corrected chi connectivity index (χ0v) is 15.0. The number of nitrogens with zero attached hydrogens (tertiary/aromatic N) is 1. The van der Waals surface area contributed by atoms with Crippen molar-refractivity contribution in [2.75, 3.05) is 19.3 Å². The van der Waals surface area contributed by atoms with Gasteiger partial charge in [0.2, 0.25) is 10.0 Å². The maximum Gasteiger partial charge on any atom is 0.211 e. The van der Waals surface area contributed by atoms with Gasteiger partial charge in [0.1, 0.15) is 0 Å². The van der Waals surface area contributed by atoms with Gasteiger partial charge in [-0.2, -0.15) is 0 Å². The van der Waals surface area contributed by atoms with Crippen LogP contribution < -0.4 is 5.73 Å². The molecule has 1 aliphatic heterocycles. The first-order valence-corrected chi connectivity index (χ1v) is 9.88. The fourth-order valence-corrected chi connectivity index (χ4v) is 4.44. The Labute approximate surface area is 135 Å². The summed E-state index contributed by atoms with van der Waals surface area (Å²) in [5.41, 5.74) is 8.64. The summed E-state index contributed by atoms with van der Waals surface area (Å²) < 4.78 is 26.0. The summed E-state index contributed by atoms with van der Waals surface area (Å²) >= 11 is 3.55. The fourth-order valence-electron chi connectivity index (χ4n) is 2.95. The minimum absolute atomic E-state index is 0.0659. The lowest BCUT2D eigenvalue weighted by Gasteiger charge is -2.32. The quantitative estimate of drug-likeness (QED) is 0.880. The van der Waals surface area contributed by atoms with Crippen molar-refractivity contribution < 1.29 is 8.42 Å². The van der Waals surface area contributed by atoms with E-state index in [-0.39, 0.29) is 6.04 Å². The molecule has 0 spiro atoms. The van der Waals surface area contributed by atoms with E-state index in [9.17, 15) is 8.42 Å². The van der Waals surface area contributed by atoms with Crippen molar-refractivity contribution in [3.05, 3.63) is 33.8 Å². The molecule has 0 amide bonds. The van der Waals surface area contributed by atoms with Crippen LogP contribution in [0.2, 0.25) is 0 Å². The molecular weight excluding hydrogens is 352 g/mol. The highest BCUT2D eigenvalue weighted by Gasteiger charge is 2.27. The van der Waals surface area contributed by atoms with Gasteiger partial charge in [0.05, 0.1) is 6.26 Å². The Morgan fingerprint density at radius 2 is 2.19 bits per heavy atom. The van der Waals surface area contributed by atoms with Crippen LogP contribution in [-0.2, 0) is 10.0 Å². The first-order valence-electron chi connectivity index (χ1n) is 7.24. The molecule has 6 heteroatoms. The van der Waals surface area contributed by atoms with Gasteiger partial charge < -0.3 is 5.73 Å².